The van der Waals surface area contributed by atoms with Crippen molar-refractivity contribution >= 4 is 21.9 Å². The summed E-state index contributed by atoms with van der Waals surface area (Å²) in [4.78, 5) is 11.6. The first kappa shape index (κ1) is 18.7. The minimum atomic E-state index is -0.731. The van der Waals surface area contributed by atoms with Gasteiger partial charge in [-0.1, -0.05) is 27.6 Å². The zero-order valence-electron chi connectivity index (χ0n) is 12.9. The average molecular weight is 335 g/mol. The van der Waals surface area contributed by atoms with Crippen LogP contribution in [0, 0.1) is 0 Å². The average Bonchev–Trinajstić information content (AvgIpc) is 2.19. The van der Waals surface area contributed by atoms with Crippen LogP contribution in [0.15, 0.2) is 11.6 Å². The molecule has 0 aromatic carbocycles. The van der Waals surface area contributed by atoms with Gasteiger partial charge in [0, 0.05) is 4.83 Å². The molecule has 0 saturated heterocycles. The van der Waals surface area contributed by atoms with Crippen LogP contribution in [0.5, 0.6) is 0 Å². The molecule has 3 nitrogen and oxygen atoms in total. The van der Waals surface area contributed by atoms with Crippen LogP contribution in [-0.2, 0) is 9.53 Å². The molecule has 0 aliphatic carbocycles. The molecule has 1 atom stereocenters. The lowest BCUT2D eigenvalue weighted by Gasteiger charge is -2.24. The van der Waals surface area contributed by atoms with Crippen molar-refractivity contribution in [3.8, 4) is 0 Å². The van der Waals surface area contributed by atoms with Gasteiger partial charge in [0.15, 0.2) is 0 Å². The van der Waals surface area contributed by atoms with Crippen LogP contribution in [0.3, 0.4) is 0 Å². The van der Waals surface area contributed by atoms with Gasteiger partial charge in [0.2, 0.25) is 0 Å². The largest absolute Gasteiger partial charge is 0.460 e. The van der Waals surface area contributed by atoms with Crippen molar-refractivity contribution in [3.63, 3.8) is 0 Å². The fourth-order valence-corrected chi connectivity index (χ4v) is 1.68. The summed E-state index contributed by atoms with van der Waals surface area (Å²) in [5, 5.41) is 9.80. The molecule has 4 heteroatoms. The van der Waals surface area contributed by atoms with Gasteiger partial charge < -0.3 is 9.84 Å². The van der Waals surface area contributed by atoms with Crippen molar-refractivity contribution in [3.05, 3.63) is 11.6 Å². The second-order valence-electron chi connectivity index (χ2n) is 6.50. The SMILES string of the molecule is C/C(=C\CC(=O)OC(C)(C)C)CC[C@H](Br)C(C)(C)O. The van der Waals surface area contributed by atoms with E-state index in [9.17, 15) is 9.90 Å². The molecule has 0 heterocycles. The molecule has 0 amide bonds. The van der Waals surface area contributed by atoms with E-state index < -0.39 is 11.2 Å². The topological polar surface area (TPSA) is 46.5 Å². The van der Waals surface area contributed by atoms with Crippen molar-refractivity contribution in [1.29, 1.82) is 0 Å². The molecule has 0 aliphatic heterocycles. The molecule has 19 heavy (non-hydrogen) atoms. The third-order valence-corrected chi connectivity index (χ3v) is 4.17. The number of carbonyl (C=O) groups is 1. The summed E-state index contributed by atoms with van der Waals surface area (Å²) in [6.07, 6.45) is 3.89. The smallest absolute Gasteiger partial charge is 0.310 e. The van der Waals surface area contributed by atoms with Crippen molar-refractivity contribution in [2.45, 2.75) is 76.8 Å². The highest BCUT2D eigenvalue weighted by Crippen LogP contribution is 2.23. The molecule has 0 aromatic heterocycles. The van der Waals surface area contributed by atoms with E-state index >= 15 is 0 Å². The van der Waals surface area contributed by atoms with Crippen LogP contribution in [0.1, 0.15) is 60.8 Å². The number of allylic oxidation sites excluding steroid dienone is 1. The van der Waals surface area contributed by atoms with Crippen molar-refractivity contribution in [2.75, 3.05) is 0 Å². The van der Waals surface area contributed by atoms with Gasteiger partial charge in [-0.25, -0.2) is 0 Å². The highest BCUT2D eigenvalue weighted by Gasteiger charge is 2.23. The van der Waals surface area contributed by atoms with Crippen LogP contribution in [0.25, 0.3) is 0 Å². The van der Waals surface area contributed by atoms with Gasteiger partial charge in [0.25, 0.3) is 0 Å². The lowest BCUT2D eigenvalue weighted by molar-refractivity contribution is -0.153. The summed E-state index contributed by atoms with van der Waals surface area (Å²) in [7, 11) is 0. The van der Waals surface area contributed by atoms with Gasteiger partial charge in [-0.15, -0.1) is 0 Å². The Morgan fingerprint density at radius 3 is 2.26 bits per heavy atom. The Morgan fingerprint density at radius 2 is 1.84 bits per heavy atom. The number of halogens is 1. The molecule has 0 unspecified atom stereocenters. The number of alkyl halides is 1. The van der Waals surface area contributed by atoms with E-state index in [0.29, 0.717) is 6.42 Å². The Labute approximate surface area is 125 Å². The summed E-state index contributed by atoms with van der Waals surface area (Å²) in [6, 6.07) is 0. The second-order valence-corrected chi connectivity index (χ2v) is 7.61. The molecule has 0 bridgehead atoms. The van der Waals surface area contributed by atoms with Crippen LogP contribution in [0.4, 0.5) is 0 Å². The fourth-order valence-electron chi connectivity index (χ4n) is 1.45. The number of rotatable bonds is 6. The van der Waals surface area contributed by atoms with Gasteiger partial charge in [0.05, 0.1) is 12.0 Å². The molecule has 0 fully saturated rings. The summed E-state index contributed by atoms with van der Waals surface area (Å²) in [6.45, 7) is 11.1. The minimum absolute atomic E-state index is 0.0462. The molecular weight excluding hydrogens is 308 g/mol. The van der Waals surface area contributed by atoms with E-state index in [4.69, 9.17) is 4.74 Å². The van der Waals surface area contributed by atoms with Crippen molar-refractivity contribution in [1.82, 2.24) is 0 Å². The minimum Gasteiger partial charge on any atom is -0.460 e. The summed E-state index contributed by atoms with van der Waals surface area (Å²) in [5.74, 6) is -0.204. The van der Waals surface area contributed by atoms with Crippen LogP contribution < -0.4 is 0 Å². The maximum Gasteiger partial charge on any atom is 0.310 e. The number of esters is 1. The maximum absolute atomic E-state index is 11.5. The van der Waals surface area contributed by atoms with Crippen LogP contribution >= 0.6 is 15.9 Å². The van der Waals surface area contributed by atoms with Gasteiger partial charge in [-0.05, 0) is 54.4 Å². The molecule has 0 saturated carbocycles. The van der Waals surface area contributed by atoms with E-state index in [-0.39, 0.29) is 10.8 Å². The third kappa shape index (κ3) is 10.1. The standard InChI is InChI=1S/C15H27BrO3/c1-11(7-9-12(16)15(5,6)18)8-10-13(17)19-14(2,3)4/h8,12,18H,7,9-10H2,1-6H3/b11-8+/t12-/m0/s1. The summed E-state index contributed by atoms with van der Waals surface area (Å²) < 4.78 is 5.24. The van der Waals surface area contributed by atoms with Gasteiger partial charge in [-0.3, -0.25) is 4.79 Å². The molecule has 0 rings (SSSR count). The Bertz CT molecular complexity index is 321. The number of aliphatic hydroxyl groups is 1. The van der Waals surface area contributed by atoms with E-state index in [1.165, 1.54) is 0 Å². The van der Waals surface area contributed by atoms with Gasteiger partial charge >= 0.3 is 5.97 Å². The Balaban J connectivity index is 4.12. The van der Waals surface area contributed by atoms with E-state index in [1.807, 2.05) is 33.8 Å². The molecule has 0 radical (unpaired) electrons. The molecule has 0 spiro atoms. The highest BCUT2D eigenvalue weighted by atomic mass is 79.9. The number of hydrogen-bond acceptors (Lipinski definition) is 3. The van der Waals surface area contributed by atoms with Crippen molar-refractivity contribution < 1.29 is 14.6 Å². The van der Waals surface area contributed by atoms with Gasteiger partial charge in [0.1, 0.15) is 5.60 Å². The summed E-state index contributed by atoms with van der Waals surface area (Å²) >= 11 is 3.48. The summed E-state index contributed by atoms with van der Waals surface area (Å²) in [5.41, 5.74) is -0.0221. The predicted octanol–water partition coefficient (Wildman–Crippen LogP) is 3.98. The number of ether oxygens (including phenoxy) is 1. The molecular formula is C15H27BrO3. The third-order valence-electron chi connectivity index (χ3n) is 2.60. The first-order valence-electron chi connectivity index (χ1n) is 6.66. The number of hydrogen-bond donors (Lipinski definition) is 1. The zero-order chi connectivity index (χ0) is 15.3. The first-order valence-corrected chi connectivity index (χ1v) is 7.57. The van der Waals surface area contributed by atoms with E-state index in [1.54, 1.807) is 13.8 Å². The van der Waals surface area contributed by atoms with E-state index in [0.717, 1.165) is 18.4 Å². The molecule has 0 aromatic rings. The number of carbonyl (C=O) groups excluding carboxylic acids is 1. The first-order chi connectivity index (χ1) is 8.42. The Hall–Kier alpha value is -0.350. The molecule has 0 aliphatic rings. The van der Waals surface area contributed by atoms with Gasteiger partial charge in [-0.2, -0.15) is 0 Å². The normalized spacial score (nSPS) is 15.3. The van der Waals surface area contributed by atoms with Crippen LogP contribution in [-0.4, -0.2) is 27.1 Å². The Kier molecular flexibility index (Phi) is 7.30. The van der Waals surface area contributed by atoms with Crippen molar-refractivity contribution in [2.24, 2.45) is 0 Å². The monoisotopic (exact) mass is 334 g/mol. The second kappa shape index (κ2) is 7.44. The quantitative estimate of drug-likeness (QED) is 0.454. The fraction of sp³-hybridized carbons (Fsp3) is 0.800. The lowest BCUT2D eigenvalue weighted by atomic mass is 9.99. The van der Waals surface area contributed by atoms with E-state index in [2.05, 4.69) is 15.9 Å². The molecule has 112 valence electrons. The highest BCUT2D eigenvalue weighted by molar-refractivity contribution is 9.09. The Morgan fingerprint density at radius 1 is 1.32 bits per heavy atom. The van der Waals surface area contributed by atoms with Crippen LogP contribution in [0.2, 0.25) is 0 Å². The lowest BCUT2D eigenvalue weighted by Crippen LogP contribution is -2.31. The maximum atomic E-state index is 11.5. The predicted molar refractivity (Wildman–Crippen MR) is 82.5 cm³/mol. The zero-order valence-corrected chi connectivity index (χ0v) is 14.5. The molecule has 1 N–H and O–H groups in total.